The van der Waals surface area contributed by atoms with Gasteiger partial charge in [0.15, 0.2) is 5.75 Å². The smallest absolute Gasteiger partial charge is 0.411 e. The summed E-state index contributed by atoms with van der Waals surface area (Å²) in [5.74, 6) is 0.644. The molecular weight excluding hydrogens is 335 g/mol. The van der Waals surface area contributed by atoms with Crippen molar-refractivity contribution in [3.05, 3.63) is 18.2 Å². The van der Waals surface area contributed by atoms with Crippen molar-refractivity contribution >= 4 is 46.8 Å². The Kier molecular flexibility index (Phi) is 8.24. The first-order valence-corrected chi connectivity index (χ1v) is 7.35. The molecule has 0 aliphatic rings. The first-order valence-electron chi connectivity index (χ1n) is 6.28. The summed E-state index contributed by atoms with van der Waals surface area (Å²) in [5, 5.41) is 4.99. The van der Waals surface area contributed by atoms with Crippen molar-refractivity contribution in [1.29, 1.82) is 0 Å². The number of carbonyl (C=O) groups is 2. The molecule has 0 bridgehead atoms. The van der Waals surface area contributed by atoms with Crippen molar-refractivity contribution in [3.8, 4) is 5.75 Å². The van der Waals surface area contributed by atoms with E-state index in [1.807, 2.05) is 0 Å². The highest BCUT2D eigenvalue weighted by Crippen LogP contribution is 2.33. The molecule has 7 nitrogen and oxygen atoms in total. The van der Waals surface area contributed by atoms with Crippen molar-refractivity contribution in [2.75, 3.05) is 42.7 Å². The number of methoxy groups -OCH3 is 1. The third-order valence-corrected chi connectivity index (χ3v) is 2.62. The Hall–Kier alpha value is -1.86. The summed E-state index contributed by atoms with van der Waals surface area (Å²) < 4.78 is 14.8. The third-order valence-electron chi connectivity index (χ3n) is 2.31. The van der Waals surface area contributed by atoms with Crippen LogP contribution in [-0.4, -0.2) is 44.3 Å². The molecule has 0 heterocycles. The van der Waals surface area contributed by atoms with Crippen molar-refractivity contribution < 1.29 is 23.8 Å². The fraction of sp³-hybridized carbons (Fsp3) is 0.385. The summed E-state index contributed by atoms with van der Waals surface area (Å²) in [6.07, 6.45) is -1.36. The quantitative estimate of drug-likeness (QED) is 0.737. The van der Waals surface area contributed by atoms with E-state index in [0.717, 1.165) is 0 Å². The normalized spacial score (nSPS) is 9.77. The minimum absolute atomic E-state index is 0.0817. The second-order valence-electron chi connectivity index (χ2n) is 3.79. The van der Waals surface area contributed by atoms with E-state index >= 15 is 0 Å². The number of rotatable bonds is 7. The molecule has 0 spiro atoms. The largest absolute Gasteiger partial charge is 0.492 e. The Labute approximate surface area is 137 Å². The summed E-state index contributed by atoms with van der Waals surface area (Å²) >= 11 is 10.9. The van der Waals surface area contributed by atoms with Crippen LogP contribution >= 0.6 is 23.2 Å². The first kappa shape index (κ1) is 18.2. The molecule has 0 atom stereocenters. The number of anilines is 2. The topological polar surface area (TPSA) is 85.9 Å². The molecule has 22 heavy (non-hydrogen) atoms. The molecule has 9 heteroatoms. The molecule has 0 fully saturated rings. The van der Waals surface area contributed by atoms with E-state index in [1.54, 1.807) is 18.2 Å². The lowest BCUT2D eigenvalue weighted by Crippen LogP contribution is -2.18. The van der Waals surface area contributed by atoms with Gasteiger partial charge in [-0.3, -0.25) is 10.6 Å². The van der Waals surface area contributed by atoms with E-state index in [2.05, 4.69) is 10.6 Å². The average Bonchev–Trinajstić information content (AvgIpc) is 2.51. The fourth-order valence-corrected chi connectivity index (χ4v) is 1.66. The van der Waals surface area contributed by atoms with Gasteiger partial charge in [0.2, 0.25) is 0 Å². The molecule has 0 saturated heterocycles. The molecular formula is C13H16Cl2N2O5. The lowest BCUT2D eigenvalue weighted by molar-refractivity contribution is 0.168. The number of para-hydroxylation sites is 1. The Bertz CT molecular complexity index is 473. The van der Waals surface area contributed by atoms with Crippen LogP contribution < -0.4 is 15.4 Å². The molecule has 0 radical (unpaired) electrons. The van der Waals surface area contributed by atoms with Gasteiger partial charge >= 0.3 is 12.2 Å². The molecule has 0 unspecified atom stereocenters. The van der Waals surface area contributed by atoms with E-state index < -0.39 is 12.2 Å². The van der Waals surface area contributed by atoms with Crippen LogP contribution in [0.3, 0.4) is 0 Å². The second-order valence-corrected chi connectivity index (χ2v) is 4.54. The lowest BCUT2D eigenvalue weighted by atomic mass is 10.2. The highest BCUT2D eigenvalue weighted by atomic mass is 35.5. The van der Waals surface area contributed by atoms with Crippen LogP contribution in [-0.2, 0) is 9.47 Å². The van der Waals surface area contributed by atoms with Gasteiger partial charge < -0.3 is 14.2 Å². The van der Waals surface area contributed by atoms with E-state index in [4.69, 9.17) is 37.4 Å². The minimum Gasteiger partial charge on any atom is -0.492 e. The van der Waals surface area contributed by atoms with Crippen LogP contribution in [0, 0.1) is 0 Å². The summed E-state index contributed by atoms with van der Waals surface area (Å²) in [7, 11) is 1.40. The predicted octanol–water partition coefficient (Wildman–Crippen LogP) is 3.27. The van der Waals surface area contributed by atoms with Gasteiger partial charge in [0.05, 0.1) is 30.2 Å². The molecule has 1 aromatic rings. The Balaban J connectivity index is 2.80. The molecule has 1 rings (SSSR count). The van der Waals surface area contributed by atoms with Gasteiger partial charge in [0.25, 0.3) is 0 Å². The predicted molar refractivity (Wildman–Crippen MR) is 84.4 cm³/mol. The molecule has 0 aliphatic heterocycles. The molecule has 2 N–H and O–H groups in total. The summed E-state index contributed by atoms with van der Waals surface area (Å²) in [6.45, 7) is 0.163. The van der Waals surface area contributed by atoms with E-state index in [-0.39, 0.29) is 30.7 Å². The van der Waals surface area contributed by atoms with Crippen molar-refractivity contribution in [2.45, 2.75) is 0 Å². The summed E-state index contributed by atoms with van der Waals surface area (Å²) in [6, 6.07) is 4.81. The van der Waals surface area contributed by atoms with Gasteiger partial charge in [-0.15, -0.1) is 23.2 Å². The number of hydrogen-bond acceptors (Lipinski definition) is 5. The molecule has 0 aliphatic carbocycles. The molecule has 2 amide bonds. The molecule has 0 aromatic heterocycles. The maximum atomic E-state index is 11.5. The van der Waals surface area contributed by atoms with E-state index in [1.165, 1.54) is 7.11 Å². The number of ether oxygens (including phenoxy) is 3. The zero-order valence-electron chi connectivity index (χ0n) is 11.9. The number of nitrogens with one attached hydrogen (secondary N) is 2. The number of carbonyl (C=O) groups excluding carboxylic acids is 2. The standard InChI is InChI=1S/C13H16Cl2N2O5/c1-20-11-9(16-12(18)21-7-5-14)3-2-4-10(11)17-13(19)22-8-6-15/h2-4H,5-8H2,1H3,(H,16,18)(H,17,19). The summed E-state index contributed by atoms with van der Waals surface area (Å²) in [5.41, 5.74) is 0.662. The van der Waals surface area contributed by atoms with E-state index in [9.17, 15) is 9.59 Å². The monoisotopic (exact) mass is 350 g/mol. The number of hydrogen-bond donors (Lipinski definition) is 2. The van der Waals surface area contributed by atoms with Crippen LogP contribution in [0.2, 0.25) is 0 Å². The van der Waals surface area contributed by atoms with Gasteiger partial charge in [0, 0.05) is 0 Å². The van der Waals surface area contributed by atoms with Gasteiger partial charge in [-0.2, -0.15) is 0 Å². The fourth-order valence-electron chi connectivity index (χ4n) is 1.51. The van der Waals surface area contributed by atoms with Crippen molar-refractivity contribution in [1.82, 2.24) is 0 Å². The van der Waals surface area contributed by atoms with Gasteiger partial charge in [0.1, 0.15) is 13.2 Å². The zero-order chi connectivity index (χ0) is 16.4. The summed E-state index contributed by atoms with van der Waals surface area (Å²) in [4.78, 5) is 23.1. The highest BCUT2D eigenvalue weighted by Gasteiger charge is 2.14. The molecule has 1 aromatic carbocycles. The van der Waals surface area contributed by atoms with Crippen LogP contribution in [0.1, 0.15) is 0 Å². The number of amides is 2. The first-order chi connectivity index (χ1) is 10.6. The Morgan fingerprint density at radius 1 is 1.00 bits per heavy atom. The minimum atomic E-state index is -0.680. The maximum absolute atomic E-state index is 11.5. The average molecular weight is 351 g/mol. The van der Waals surface area contributed by atoms with Gasteiger partial charge in [-0.05, 0) is 12.1 Å². The maximum Gasteiger partial charge on any atom is 0.411 e. The van der Waals surface area contributed by atoms with Crippen LogP contribution in [0.25, 0.3) is 0 Å². The van der Waals surface area contributed by atoms with Crippen molar-refractivity contribution in [2.24, 2.45) is 0 Å². The Morgan fingerprint density at radius 3 is 1.82 bits per heavy atom. The second kappa shape index (κ2) is 9.97. The molecule has 122 valence electrons. The zero-order valence-corrected chi connectivity index (χ0v) is 13.4. The Morgan fingerprint density at radius 2 is 1.45 bits per heavy atom. The number of benzene rings is 1. The van der Waals surface area contributed by atoms with Gasteiger partial charge in [-0.25, -0.2) is 9.59 Å². The molecule has 0 saturated carbocycles. The number of alkyl halides is 2. The van der Waals surface area contributed by atoms with Gasteiger partial charge in [-0.1, -0.05) is 6.07 Å². The van der Waals surface area contributed by atoms with E-state index in [0.29, 0.717) is 11.4 Å². The van der Waals surface area contributed by atoms with Crippen LogP contribution in [0.4, 0.5) is 21.0 Å². The highest BCUT2D eigenvalue weighted by molar-refractivity contribution is 6.18. The van der Waals surface area contributed by atoms with Crippen molar-refractivity contribution in [3.63, 3.8) is 0 Å². The number of halogens is 2. The SMILES string of the molecule is COc1c(NC(=O)OCCCl)cccc1NC(=O)OCCCl. The van der Waals surface area contributed by atoms with Crippen LogP contribution in [0.5, 0.6) is 5.75 Å². The third kappa shape index (κ3) is 5.87. The lowest BCUT2D eigenvalue weighted by Gasteiger charge is -2.14. The van der Waals surface area contributed by atoms with Crippen LogP contribution in [0.15, 0.2) is 18.2 Å².